The fourth-order valence-electron chi connectivity index (χ4n) is 2.91. The molecule has 1 saturated heterocycles. The number of carbonyl (C=O) groups excluding carboxylic acids is 1. The molecule has 1 aromatic carbocycles. The lowest BCUT2D eigenvalue weighted by Crippen LogP contribution is -2.44. The van der Waals surface area contributed by atoms with E-state index in [4.69, 9.17) is 5.84 Å². The van der Waals surface area contributed by atoms with Gasteiger partial charge in [-0.1, -0.05) is 19.4 Å². The average Bonchev–Trinajstić information content (AvgIpc) is 2.47. The number of anilines is 1. The van der Waals surface area contributed by atoms with Gasteiger partial charge in [0.25, 0.3) is 5.91 Å². The molecule has 3 N–H and O–H groups in total. The van der Waals surface area contributed by atoms with Crippen LogP contribution in [0.5, 0.6) is 0 Å². The van der Waals surface area contributed by atoms with Crippen LogP contribution in [-0.4, -0.2) is 23.4 Å². The van der Waals surface area contributed by atoms with Crippen molar-refractivity contribution in [1.29, 1.82) is 0 Å². The molecule has 1 heterocycles. The van der Waals surface area contributed by atoms with Gasteiger partial charge in [-0.05, 0) is 37.8 Å². The SMILES string of the molecule is CCCC1CCCCN1C(=O)c1cccc(F)c1NN. The first-order chi connectivity index (χ1) is 9.69. The van der Waals surface area contributed by atoms with Gasteiger partial charge in [0.2, 0.25) is 0 Å². The van der Waals surface area contributed by atoms with Gasteiger partial charge < -0.3 is 10.3 Å². The monoisotopic (exact) mass is 279 g/mol. The summed E-state index contributed by atoms with van der Waals surface area (Å²) in [5.74, 6) is 4.72. The molecule has 0 aliphatic carbocycles. The number of piperidine rings is 1. The van der Waals surface area contributed by atoms with Gasteiger partial charge in [-0.2, -0.15) is 0 Å². The van der Waals surface area contributed by atoms with Crippen molar-refractivity contribution in [2.75, 3.05) is 12.0 Å². The Morgan fingerprint density at radius 2 is 2.30 bits per heavy atom. The van der Waals surface area contributed by atoms with Crippen molar-refractivity contribution in [3.8, 4) is 0 Å². The van der Waals surface area contributed by atoms with E-state index in [9.17, 15) is 9.18 Å². The quantitative estimate of drug-likeness (QED) is 0.658. The second-order valence-electron chi connectivity index (χ2n) is 5.24. The van der Waals surface area contributed by atoms with E-state index >= 15 is 0 Å². The average molecular weight is 279 g/mol. The van der Waals surface area contributed by atoms with Crippen molar-refractivity contribution >= 4 is 11.6 Å². The molecular weight excluding hydrogens is 257 g/mol. The maximum Gasteiger partial charge on any atom is 0.256 e. The molecule has 0 aromatic heterocycles. The number of nitrogens with one attached hydrogen (secondary N) is 1. The van der Waals surface area contributed by atoms with E-state index in [0.717, 1.165) is 38.6 Å². The van der Waals surface area contributed by atoms with Crippen molar-refractivity contribution < 1.29 is 9.18 Å². The highest BCUT2D eigenvalue weighted by molar-refractivity contribution is 5.99. The van der Waals surface area contributed by atoms with E-state index in [1.165, 1.54) is 6.07 Å². The summed E-state index contributed by atoms with van der Waals surface area (Å²) >= 11 is 0. The highest BCUT2D eigenvalue weighted by Crippen LogP contribution is 2.26. The van der Waals surface area contributed by atoms with E-state index in [2.05, 4.69) is 12.3 Å². The smallest absolute Gasteiger partial charge is 0.256 e. The van der Waals surface area contributed by atoms with Crippen LogP contribution in [0.15, 0.2) is 18.2 Å². The highest BCUT2D eigenvalue weighted by Gasteiger charge is 2.28. The molecule has 1 amide bonds. The number of benzene rings is 1. The number of halogens is 1. The Balaban J connectivity index is 2.27. The summed E-state index contributed by atoms with van der Waals surface area (Å²) in [5, 5.41) is 0. The molecule has 1 aromatic rings. The summed E-state index contributed by atoms with van der Waals surface area (Å²) in [4.78, 5) is 14.6. The molecule has 5 heteroatoms. The number of rotatable bonds is 4. The zero-order valence-corrected chi connectivity index (χ0v) is 11.9. The third kappa shape index (κ3) is 2.93. The first-order valence-electron chi connectivity index (χ1n) is 7.25. The van der Waals surface area contributed by atoms with Gasteiger partial charge in [0, 0.05) is 12.6 Å². The number of carbonyl (C=O) groups is 1. The largest absolute Gasteiger partial charge is 0.336 e. The van der Waals surface area contributed by atoms with Gasteiger partial charge >= 0.3 is 0 Å². The molecule has 1 atom stereocenters. The van der Waals surface area contributed by atoms with E-state index in [1.54, 1.807) is 12.1 Å². The summed E-state index contributed by atoms with van der Waals surface area (Å²) in [6.45, 7) is 2.86. The molecule has 20 heavy (non-hydrogen) atoms. The first kappa shape index (κ1) is 14.8. The summed E-state index contributed by atoms with van der Waals surface area (Å²) in [6, 6.07) is 4.72. The normalized spacial score (nSPS) is 18.9. The number of hydrogen-bond acceptors (Lipinski definition) is 3. The molecule has 110 valence electrons. The van der Waals surface area contributed by atoms with Gasteiger partial charge in [-0.3, -0.25) is 10.6 Å². The van der Waals surface area contributed by atoms with E-state index in [-0.39, 0.29) is 17.6 Å². The molecular formula is C15H22FN3O. The zero-order chi connectivity index (χ0) is 14.5. The summed E-state index contributed by atoms with van der Waals surface area (Å²) in [6.07, 6.45) is 5.22. The van der Waals surface area contributed by atoms with Crippen LogP contribution >= 0.6 is 0 Å². The van der Waals surface area contributed by atoms with Crippen molar-refractivity contribution in [2.45, 2.75) is 45.1 Å². The Labute approximate surface area is 119 Å². The molecule has 0 radical (unpaired) electrons. The van der Waals surface area contributed by atoms with Crippen LogP contribution < -0.4 is 11.3 Å². The van der Waals surface area contributed by atoms with Crippen LogP contribution in [0, 0.1) is 5.82 Å². The molecule has 0 bridgehead atoms. The van der Waals surface area contributed by atoms with Crippen molar-refractivity contribution in [2.24, 2.45) is 5.84 Å². The van der Waals surface area contributed by atoms with Crippen LogP contribution in [0.4, 0.5) is 10.1 Å². The Morgan fingerprint density at radius 1 is 1.50 bits per heavy atom. The number of nitrogen functional groups attached to an aromatic ring is 1. The highest BCUT2D eigenvalue weighted by atomic mass is 19.1. The fraction of sp³-hybridized carbons (Fsp3) is 0.533. The van der Waals surface area contributed by atoms with Gasteiger partial charge in [0.15, 0.2) is 0 Å². The molecule has 1 aliphatic heterocycles. The lowest BCUT2D eigenvalue weighted by Gasteiger charge is -2.36. The van der Waals surface area contributed by atoms with Gasteiger partial charge in [-0.15, -0.1) is 0 Å². The minimum atomic E-state index is -0.498. The zero-order valence-electron chi connectivity index (χ0n) is 11.9. The Bertz CT molecular complexity index is 476. The number of hydrogen-bond donors (Lipinski definition) is 2. The Morgan fingerprint density at radius 3 is 3.00 bits per heavy atom. The number of nitrogens with zero attached hydrogens (tertiary/aromatic N) is 1. The van der Waals surface area contributed by atoms with Crippen molar-refractivity contribution in [3.05, 3.63) is 29.6 Å². The summed E-state index contributed by atoms with van der Waals surface area (Å²) < 4.78 is 13.7. The first-order valence-corrected chi connectivity index (χ1v) is 7.25. The minimum absolute atomic E-state index is 0.0818. The van der Waals surface area contributed by atoms with E-state index in [1.807, 2.05) is 4.90 Å². The Hall–Kier alpha value is -1.62. The van der Waals surface area contributed by atoms with E-state index in [0.29, 0.717) is 5.56 Å². The third-order valence-electron chi connectivity index (χ3n) is 3.90. The molecule has 0 spiro atoms. The maximum atomic E-state index is 13.7. The van der Waals surface area contributed by atoms with Crippen LogP contribution in [0.25, 0.3) is 0 Å². The number of hydrazine groups is 1. The topological polar surface area (TPSA) is 58.4 Å². The predicted octanol–water partition coefficient (Wildman–Crippen LogP) is 2.91. The molecule has 2 rings (SSSR count). The standard InChI is InChI=1S/C15H22FN3O/c1-2-6-11-7-3-4-10-19(11)15(20)12-8-5-9-13(16)14(12)18-17/h5,8-9,11,18H,2-4,6-7,10,17H2,1H3. The number of likely N-dealkylation sites (tertiary alicyclic amines) is 1. The number of nitrogens with two attached hydrogens (primary N) is 1. The third-order valence-corrected chi connectivity index (χ3v) is 3.90. The fourth-order valence-corrected chi connectivity index (χ4v) is 2.91. The van der Waals surface area contributed by atoms with Crippen LogP contribution in [0.3, 0.4) is 0 Å². The number of para-hydroxylation sites is 1. The molecule has 4 nitrogen and oxygen atoms in total. The summed E-state index contributed by atoms with van der Waals surface area (Å²) in [5.41, 5.74) is 2.71. The van der Waals surface area contributed by atoms with Gasteiger partial charge in [0.1, 0.15) is 5.82 Å². The lowest BCUT2D eigenvalue weighted by molar-refractivity contribution is 0.0601. The Kier molecular flexibility index (Phi) is 4.95. The molecule has 1 fully saturated rings. The van der Waals surface area contributed by atoms with Crippen molar-refractivity contribution in [1.82, 2.24) is 4.90 Å². The lowest BCUT2D eigenvalue weighted by atomic mass is 9.97. The van der Waals surface area contributed by atoms with Crippen LogP contribution in [0.2, 0.25) is 0 Å². The number of amides is 1. The van der Waals surface area contributed by atoms with E-state index < -0.39 is 5.82 Å². The molecule has 0 saturated carbocycles. The summed E-state index contributed by atoms with van der Waals surface area (Å²) in [7, 11) is 0. The maximum absolute atomic E-state index is 13.7. The van der Waals surface area contributed by atoms with Gasteiger partial charge in [0.05, 0.1) is 11.3 Å². The second-order valence-corrected chi connectivity index (χ2v) is 5.24. The minimum Gasteiger partial charge on any atom is -0.336 e. The van der Waals surface area contributed by atoms with Crippen molar-refractivity contribution in [3.63, 3.8) is 0 Å². The van der Waals surface area contributed by atoms with Crippen LogP contribution in [0.1, 0.15) is 49.4 Å². The van der Waals surface area contributed by atoms with Crippen LogP contribution in [-0.2, 0) is 0 Å². The predicted molar refractivity (Wildman–Crippen MR) is 77.8 cm³/mol. The van der Waals surface area contributed by atoms with Gasteiger partial charge in [-0.25, -0.2) is 4.39 Å². The second kappa shape index (κ2) is 6.70. The molecule has 1 aliphatic rings. The molecule has 1 unspecified atom stereocenters.